The summed E-state index contributed by atoms with van der Waals surface area (Å²) >= 11 is 6.44. The lowest BCUT2D eigenvalue weighted by atomic mass is 10.1. The molecular weight excluding hydrogens is 432 g/mol. The zero-order valence-electron chi connectivity index (χ0n) is 17.5. The van der Waals surface area contributed by atoms with Gasteiger partial charge in [-0.3, -0.25) is 0 Å². The minimum absolute atomic E-state index is 0.175. The van der Waals surface area contributed by atoms with Crippen LogP contribution >= 0.6 is 11.6 Å². The maximum atomic E-state index is 13.4. The van der Waals surface area contributed by atoms with Crippen LogP contribution in [0.2, 0.25) is 5.02 Å². The van der Waals surface area contributed by atoms with Crippen LogP contribution in [0.4, 0.5) is 5.69 Å². The highest BCUT2D eigenvalue weighted by Gasteiger charge is 2.22. The van der Waals surface area contributed by atoms with E-state index in [2.05, 4.69) is 0 Å². The average molecular weight is 455 g/mol. The zero-order chi connectivity index (χ0) is 22.2. The fraction of sp³-hybridized carbons (Fsp3) is 0.167. The topological polar surface area (TPSA) is 51.5 Å². The third-order valence-corrected chi connectivity index (χ3v) is 7.25. The van der Waals surface area contributed by atoms with Crippen LogP contribution in [-0.2, 0) is 16.6 Å². The number of nitrogens with zero attached hydrogens (tertiary/aromatic N) is 2. The van der Waals surface area contributed by atoms with E-state index in [1.807, 2.05) is 61.3 Å². The number of rotatable bonds is 6. The number of benzene rings is 3. The fourth-order valence-electron chi connectivity index (χ4n) is 3.68. The number of hydrogen-bond acceptors (Lipinski definition) is 4. The molecule has 31 heavy (non-hydrogen) atoms. The molecule has 3 aromatic carbocycles. The van der Waals surface area contributed by atoms with E-state index in [9.17, 15) is 8.42 Å². The Morgan fingerprint density at radius 1 is 1.03 bits per heavy atom. The lowest BCUT2D eigenvalue weighted by Crippen LogP contribution is -2.17. The Morgan fingerprint density at radius 3 is 2.55 bits per heavy atom. The molecule has 0 atom stereocenters. The molecule has 0 saturated heterocycles. The number of ether oxygens (including phenoxy) is 1. The summed E-state index contributed by atoms with van der Waals surface area (Å²) in [7, 11) is -0.341. The third kappa shape index (κ3) is 4.01. The van der Waals surface area contributed by atoms with E-state index in [4.69, 9.17) is 16.3 Å². The zero-order valence-corrected chi connectivity index (χ0v) is 19.1. The van der Waals surface area contributed by atoms with Crippen LogP contribution in [0, 0.1) is 6.92 Å². The smallest absolute Gasteiger partial charge is 0.268 e. The Labute approximate surface area is 187 Å². The maximum Gasteiger partial charge on any atom is 0.268 e. The van der Waals surface area contributed by atoms with Crippen molar-refractivity contribution in [3.8, 4) is 5.75 Å². The Morgan fingerprint density at radius 2 is 1.81 bits per heavy atom. The summed E-state index contributed by atoms with van der Waals surface area (Å²) in [5, 5.41) is 1.54. The fourth-order valence-corrected chi connectivity index (χ4v) is 5.49. The van der Waals surface area contributed by atoms with Crippen molar-refractivity contribution in [3.05, 3.63) is 89.1 Å². The van der Waals surface area contributed by atoms with Crippen LogP contribution in [-0.4, -0.2) is 26.5 Å². The molecule has 0 radical (unpaired) electrons. The minimum Gasteiger partial charge on any atom is -0.497 e. The largest absolute Gasteiger partial charge is 0.497 e. The molecule has 0 aliphatic rings. The number of hydrogen-bond donors (Lipinski definition) is 0. The van der Waals surface area contributed by atoms with Crippen molar-refractivity contribution < 1.29 is 13.2 Å². The number of para-hydroxylation sites is 1. The first kappa shape index (κ1) is 21.3. The molecule has 1 heterocycles. The third-order valence-electron chi connectivity index (χ3n) is 5.28. The predicted molar refractivity (Wildman–Crippen MR) is 126 cm³/mol. The highest BCUT2D eigenvalue weighted by atomic mass is 35.5. The Kier molecular flexibility index (Phi) is 5.69. The van der Waals surface area contributed by atoms with E-state index in [0.29, 0.717) is 22.8 Å². The van der Waals surface area contributed by atoms with E-state index in [1.165, 1.54) is 17.1 Å². The molecule has 0 N–H and O–H groups in total. The monoisotopic (exact) mass is 454 g/mol. The summed E-state index contributed by atoms with van der Waals surface area (Å²) in [5.74, 6) is 0.492. The van der Waals surface area contributed by atoms with Gasteiger partial charge in [0, 0.05) is 31.2 Å². The van der Waals surface area contributed by atoms with Gasteiger partial charge in [0.05, 0.1) is 28.2 Å². The van der Waals surface area contributed by atoms with Gasteiger partial charge in [0.1, 0.15) is 5.75 Å². The number of fused-ring (bicyclic) bond motifs is 1. The number of anilines is 1. The summed E-state index contributed by atoms with van der Waals surface area (Å²) in [6.45, 7) is 2.50. The second-order valence-corrected chi connectivity index (χ2v) is 9.68. The van der Waals surface area contributed by atoms with Gasteiger partial charge in [-0.25, -0.2) is 12.4 Å². The van der Waals surface area contributed by atoms with E-state index in [-0.39, 0.29) is 4.90 Å². The predicted octanol–water partition coefficient (Wildman–Crippen LogP) is 5.49. The van der Waals surface area contributed by atoms with Crippen LogP contribution in [0.15, 0.2) is 77.8 Å². The SMILES string of the molecule is COc1cccc(S(=O)(=O)n2cc(CN(C)c3ccc(C)cc3Cl)c3ccccc32)c1. The van der Waals surface area contributed by atoms with Gasteiger partial charge in [-0.2, -0.15) is 0 Å². The summed E-state index contributed by atoms with van der Waals surface area (Å²) in [6, 6.07) is 19.9. The second-order valence-electron chi connectivity index (χ2n) is 7.46. The number of aryl methyl sites for hydroxylation is 1. The van der Waals surface area contributed by atoms with Crippen LogP contribution in [0.1, 0.15) is 11.1 Å². The van der Waals surface area contributed by atoms with Crippen LogP contribution in [0.3, 0.4) is 0 Å². The lowest BCUT2D eigenvalue weighted by molar-refractivity contribution is 0.413. The minimum atomic E-state index is -3.80. The van der Waals surface area contributed by atoms with Crippen molar-refractivity contribution in [1.82, 2.24) is 3.97 Å². The van der Waals surface area contributed by atoms with Gasteiger partial charge >= 0.3 is 0 Å². The first-order chi connectivity index (χ1) is 14.8. The molecule has 0 bridgehead atoms. The van der Waals surface area contributed by atoms with Crippen molar-refractivity contribution in [1.29, 1.82) is 0 Å². The van der Waals surface area contributed by atoms with Crippen LogP contribution < -0.4 is 9.64 Å². The van der Waals surface area contributed by atoms with Gasteiger partial charge in [0.25, 0.3) is 10.0 Å². The summed E-state index contributed by atoms with van der Waals surface area (Å²) in [4.78, 5) is 2.19. The highest BCUT2D eigenvalue weighted by Crippen LogP contribution is 2.31. The molecule has 4 aromatic rings. The Hall–Kier alpha value is -2.96. The molecule has 0 unspecified atom stereocenters. The molecular formula is C24H23ClN2O3S. The quantitative estimate of drug-likeness (QED) is 0.387. The second kappa shape index (κ2) is 8.29. The molecule has 7 heteroatoms. The van der Waals surface area contributed by atoms with E-state index < -0.39 is 10.0 Å². The van der Waals surface area contributed by atoms with Crippen molar-refractivity contribution in [2.75, 3.05) is 19.1 Å². The molecule has 0 amide bonds. The van der Waals surface area contributed by atoms with Gasteiger partial charge in [-0.05, 0) is 48.4 Å². The van der Waals surface area contributed by atoms with Crippen molar-refractivity contribution in [2.45, 2.75) is 18.4 Å². The number of halogens is 1. The van der Waals surface area contributed by atoms with Crippen LogP contribution in [0.5, 0.6) is 5.75 Å². The Balaban J connectivity index is 1.79. The van der Waals surface area contributed by atoms with Crippen molar-refractivity contribution in [2.24, 2.45) is 0 Å². The van der Waals surface area contributed by atoms with Crippen molar-refractivity contribution in [3.63, 3.8) is 0 Å². The van der Waals surface area contributed by atoms with Gasteiger partial charge in [-0.15, -0.1) is 0 Å². The standard InChI is InChI=1S/C24H23ClN2O3S/c1-17-11-12-24(22(25)13-17)26(2)15-18-16-27(23-10-5-4-9-21(18)23)31(28,29)20-8-6-7-19(14-20)30-3/h4-14,16H,15H2,1-3H3. The number of aromatic nitrogens is 1. The van der Waals surface area contributed by atoms with Gasteiger partial charge in [0.2, 0.25) is 0 Å². The maximum absolute atomic E-state index is 13.4. The molecule has 160 valence electrons. The summed E-state index contributed by atoms with van der Waals surface area (Å²) < 4.78 is 33.4. The van der Waals surface area contributed by atoms with Crippen molar-refractivity contribution >= 4 is 38.2 Å². The molecule has 5 nitrogen and oxygen atoms in total. The van der Waals surface area contributed by atoms with Gasteiger partial charge < -0.3 is 9.64 Å². The number of methoxy groups -OCH3 is 1. The molecule has 0 aliphatic carbocycles. The molecule has 0 aliphatic heterocycles. The first-order valence-corrected chi connectivity index (χ1v) is 11.6. The molecule has 0 fully saturated rings. The average Bonchev–Trinajstić information content (AvgIpc) is 3.13. The van der Waals surface area contributed by atoms with E-state index in [0.717, 1.165) is 22.2 Å². The molecule has 0 spiro atoms. The summed E-state index contributed by atoms with van der Waals surface area (Å²) in [5.41, 5.74) is 3.49. The highest BCUT2D eigenvalue weighted by molar-refractivity contribution is 7.90. The molecule has 4 rings (SSSR count). The normalized spacial score (nSPS) is 11.6. The lowest BCUT2D eigenvalue weighted by Gasteiger charge is -2.20. The van der Waals surface area contributed by atoms with E-state index in [1.54, 1.807) is 24.4 Å². The van der Waals surface area contributed by atoms with Crippen LogP contribution in [0.25, 0.3) is 10.9 Å². The molecule has 1 aromatic heterocycles. The first-order valence-electron chi connectivity index (χ1n) is 9.77. The summed E-state index contributed by atoms with van der Waals surface area (Å²) in [6.07, 6.45) is 1.69. The molecule has 0 saturated carbocycles. The Bertz CT molecular complexity index is 1360. The van der Waals surface area contributed by atoms with E-state index >= 15 is 0 Å². The van der Waals surface area contributed by atoms with Gasteiger partial charge in [0.15, 0.2) is 0 Å². The van der Waals surface area contributed by atoms with Gasteiger partial charge in [-0.1, -0.05) is 41.9 Å².